The monoisotopic (exact) mass is 367 g/mol. The van der Waals surface area contributed by atoms with Crippen molar-refractivity contribution in [3.63, 3.8) is 0 Å². The van der Waals surface area contributed by atoms with Crippen molar-refractivity contribution in [2.75, 3.05) is 6.54 Å². The van der Waals surface area contributed by atoms with Crippen molar-refractivity contribution in [2.45, 2.75) is 38.7 Å². The quantitative estimate of drug-likeness (QED) is 0.613. The second-order valence-electron chi connectivity index (χ2n) is 7.91. The first-order chi connectivity index (χ1) is 12.7. The molecule has 0 spiro atoms. The van der Waals surface area contributed by atoms with E-state index >= 15 is 0 Å². The Hall–Kier alpha value is -2.86. The molecular formula is C21H25N3O3. The van der Waals surface area contributed by atoms with Crippen LogP contribution in [-0.4, -0.2) is 33.4 Å². The molecule has 3 rings (SSSR count). The minimum atomic E-state index is -0.942. The molecule has 0 saturated heterocycles. The maximum atomic E-state index is 12.7. The summed E-state index contributed by atoms with van der Waals surface area (Å²) in [5, 5.41) is 18.0. The number of benzene rings is 2. The number of aromatic amines is 1. The van der Waals surface area contributed by atoms with E-state index in [2.05, 4.69) is 10.2 Å². The Balaban J connectivity index is 1.95. The number of hydrogen-bond acceptors (Lipinski definition) is 5. The van der Waals surface area contributed by atoms with Gasteiger partial charge in [-0.15, -0.1) is 0 Å². The van der Waals surface area contributed by atoms with Gasteiger partial charge in [0, 0.05) is 12.1 Å². The maximum Gasteiger partial charge on any atom is 0.318 e. The summed E-state index contributed by atoms with van der Waals surface area (Å²) in [5.41, 5.74) is 7.48. The first kappa shape index (κ1) is 18.9. The lowest BCUT2D eigenvalue weighted by molar-refractivity contribution is -0.161. The maximum absolute atomic E-state index is 12.7. The zero-order valence-corrected chi connectivity index (χ0v) is 16.0. The summed E-state index contributed by atoms with van der Waals surface area (Å²) in [6.07, 6.45) is 1.59. The van der Waals surface area contributed by atoms with Crippen LogP contribution in [0.1, 0.15) is 33.3 Å². The number of carbonyl (C=O) groups excluding carboxylic acids is 1. The Kier molecular flexibility index (Phi) is 4.70. The van der Waals surface area contributed by atoms with Gasteiger partial charge in [-0.25, -0.2) is 0 Å². The predicted molar refractivity (Wildman–Crippen MR) is 105 cm³/mol. The van der Waals surface area contributed by atoms with Crippen LogP contribution < -0.4 is 5.73 Å². The van der Waals surface area contributed by atoms with Crippen LogP contribution in [0.5, 0.6) is 5.75 Å². The molecule has 0 saturated carbocycles. The molecule has 0 fully saturated rings. The van der Waals surface area contributed by atoms with Gasteiger partial charge in [0.2, 0.25) is 0 Å². The predicted octanol–water partition coefficient (Wildman–Crippen LogP) is 3.49. The molecule has 2 aromatic carbocycles. The van der Waals surface area contributed by atoms with E-state index in [4.69, 9.17) is 10.5 Å². The summed E-state index contributed by atoms with van der Waals surface area (Å²) in [6, 6.07) is 11.1. The highest BCUT2D eigenvalue weighted by Crippen LogP contribution is 2.36. The highest BCUT2D eigenvalue weighted by molar-refractivity contribution is 5.92. The fraction of sp³-hybridized carbons (Fsp3) is 0.333. The van der Waals surface area contributed by atoms with Crippen molar-refractivity contribution < 1.29 is 14.6 Å². The number of nitrogens with one attached hydrogen (secondary N) is 1. The van der Waals surface area contributed by atoms with Crippen LogP contribution in [0.3, 0.4) is 0 Å². The lowest BCUT2D eigenvalue weighted by Crippen LogP contribution is -2.44. The van der Waals surface area contributed by atoms with Gasteiger partial charge in [0.05, 0.1) is 17.1 Å². The average molecular weight is 367 g/mol. The van der Waals surface area contributed by atoms with Gasteiger partial charge in [0.15, 0.2) is 0 Å². The normalized spacial score (nSPS) is 14.1. The molecule has 0 aliphatic carbocycles. The number of fused-ring (bicyclic) bond motifs is 1. The number of carbonyl (C=O) groups is 1. The van der Waals surface area contributed by atoms with Gasteiger partial charge in [0.25, 0.3) is 0 Å². The van der Waals surface area contributed by atoms with Crippen LogP contribution >= 0.6 is 0 Å². The van der Waals surface area contributed by atoms with Gasteiger partial charge >= 0.3 is 5.97 Å². The van der Waals surface area contributed by atoms with Crippen molar-refractivity contribution >= 4 is 16.9 Å². The fourth-order valence-corrected chi connectivity index (χ4v) is 2.96. The number of phenolic OH excluding ortho intramolecular Hbond substituents is 1. The van der Waals surface area contributed by atoms with Crippen LogP contribution in [0.2, 0.25) is 0 Å². The van der Waals surface area contributed by atoms with Crippen molar-refractivity contribution in [1.82, 2.24) is 10.2 Å². The zero-order chi connectivity index (χ0) is 19.8. The molecule has 0 radical (unpaired) electrons. The van der Waals surface area contributed by atoms with Crippen molar-refractivity contribution in [1.29, 1.82) is 0 Å². The number of H-pyrrole nitrogens is 1. The number of hydrogen-bond donors (Lipinski definition) is 3. The molecule has 1 atom stereocenters. The number of nitrogens with zero attached hydrogens (tertiary/aromatic N) is 1. The molecule has 1 heterocycles. The number of phenols is 1. The Morgan fingerprint density at radius 2 is 1.81 bits per heavy atom. The number of aromatic nitrogens is 2. The number of aromatic hydroxyl groups is 1. The summed E-state index contributed by atoms with van der Waals surface area (Å²) < 4.78 is 5.55. The first-order valence-electron chi connectivity index (χ1n) is 8.85. The van der Waals surface area contributed by atoms with E-state index in [1.54, 1.807) is 13.1 Å². The van der Waals surface area contributed by atoms with E-state index in [0.717, 1.165) is 16.6 Å². The minimum absolute atomic E-state index is 0.132. The third-order valence-electron chi connectivity index (χ3n) is 4.69. The average Bonchev–Trinajstić information content (AvgIpc) is 3.10. The van der Waals surface area contributed by atoms with Gasteiger partial charge in [-0.2, -0.15) is 5.10 Å². The largest absolute Gasteiger partial charge is 0.507 e. The van der Waals surface area contributed by atoms with Gasteiger partial charge in [-0.05, 0) is 51.0 Å². The van der Waals surface area contributed by atoms with Gasteiger partial charge in [0.1, 0.15) is 16.8 Å². The molecule has 6 nitrogen and oxygen atoms in total. The molecular weight excluding hydrogens is 342 g/mol. The number of esters is 1. The Morgan fingerprint density at radius 1 is 1.15 bits per heavy atom. The van der Waals surface area contributed by atoms with Gasteiger partial charge < -0.3 is 15.6 Å². The van der Waals surface area contributed by atoms with Crippen LogP contribution in [0.15, 0.2) is 42.6 Å². The Morgan fingerprint density at radius 3 is 2.41 bits per heavy atom. The van der Waals surface area contributed by atoms with E-state index in [0.29, 0.717) is 10.9 Å². The molecule has 4 N–H and O–H groups in total. The van der Waals surface area contributed by atoms with Gasteiger partial charge in [-0.1, -0.05) is 24.3 Å². The van der Waals surface area contributed by atoms with E-state index in [1.807, 2.05) is 57.2 Å². The smallest absolute Gasteiger partial charge is 0.318 e. The second kappa shape index (κ2) is 6.70. The number of rotatable bonds is 4. The summed E-state index contributed by atoms with van der Waals surface area (Å²) in [5.74, 6) is -0.185. The van der Waals surface area contributed by atoms with Gasteiger partial charge in [-0.3, -0.25) is 9.89 Å². The first-order valence-corrected chi connectivity index (χ1v) is 8.85. The lowest BCUT2D eigenvalue weighted by atomic mass is 9.81. The molecule has 0 aliphatic rings. The molecule has 0 amide bonds. The van der Waals surface area contributed by atoms with Crippen LogP contribution in [-0.2, 0) is 14.9 Å². The van der Waals surface area contributed by atoms with Crippen molar-refractivity contribution in [2.24, 2.45) is 5.73 Å². The number of ether oxygens (including phenoxy) is 1. The standard InChI is InChI=1S/C21H25N3O3/c1-20(2,3)27-19(26)21(4,12-22)14-7-5-13(6-8-14)15-9-10-17-16(18(15)25)11-23-24-17/h5-11,25H,12,22H2,1-4H3,(H,23,24). The van der Waals surface area contributed by atoms with E-state index in [9.17, 15) is 9.90 Å². The van der Waals surface area contributed by atoms with Crippen LogP contribution in [0.4, 0.5) is 0 Å². The molecule has 142 valence electrons. The Labute approximate surface area is 158 Å². The summed E-state index contributed by atoms with van der Waals surface area (Å²) >= 11 is 0. The highest BCUT2D eigenvalue weighted by atomic mass is 16.6. The molecule has 3 aromatic rings. The van der Waals surface area contributed by atoms with E-state index in [1.165, 1.54) is 0 Å². The van der Waals surface area contributed by atoms with E-state index in [-0.39, 0.29) is 18.3 Å². The summed E-state index contributed by atoms with van der Waals surface area (Å²) in [7, 11) is 0. The summed E-state index contributed by atoms with van der Waals surface area (Å²) in [4.78, 5) is 12.7. The molecule has 0 bridgehead atoms. The molecule has 6 heteroatoms. The fourth-order valence-electron chi connectivity index (χ4n) is 2.96. The molecule has 1 unspecified atom stereocenters. The van der Waals surface area contributed by atoms with Crippen LogP contribution in [0.25, 0.3) is 22.0 Å². The van der Waals surface area contributed by atoms with Crippen molar-refractivity contribution in [3.05, 3.63) is 48.2 Å². The third kappa shape index (κ3) is 3.53. The van der Waals surface area contributed by atoms with Crippen LogP contribution in [0, 0.1) is 0 Å². The molecule has 1 aromatic heterocycles. The molecule has 0 aliphatic heterocycles. The summed E-state index contributed by atoms with van der Waals surface area (Å²) in [6.45, 7) is 7.41. The van der Waals surface area contributed by atoms with Crippen molar-refractivity contribution in [3.8, 4) is 16.9 Å². The zero-order valence-electron chi connectivity index (χ0n) is 16.0. The SMILES string of the molecule is CC(C)(C)OC(=O)C(C)(CN)c1ccc(-c2ccc3[nH]ncc3c2O)cc1. The van der Waals surface area contributed by atoms with E-state index < -0.39 is 11.0 Å². The Bertz CT molecular complexity index is 970. The third-order valence-corrected chi connectivity index (χ3v) is 4.69. The second-order valence-corrected chi connectivity index (χ2v) is 7.91. The lowest BCUT2D eigenvalue weighted by Gasteiger charge is -2.31. The topological polar surface area (TPSA) is 101 Å². The number of nitrogens with two attached hydrogens (primary N) is 1. The highest BCUT2D eigenvalue weighted by Gasteiger charge is 2.37. The molecule has 27 heavy (non-hydrogen) atoms. The minimum Gasteiger partial charge on any atom is -0.507 e.